The van der Waals surface area contributed by atoms with E-state index in [4.69, 9.17) is 4.74 Å². The number of carbonyl (C=O) groups excluding carboxylic acids is 3. The van der Waals surface area contributed by atoms with E-state index in [0.717, 1.165) is 12.8 Å². The highest BCUT2D eigenvalue weighted by atomic mass is 32.1. The number of rotatable bonds is 4. The molecule has 0 aromatic carbocycles. The van der Waals surface area contributed by atoms with Crippen LogP contribution in [0.1, 0.15) is 25.7 Å². The third kappa shape index (κ3) is 3.76. The Morgan fingerprint density at radius 1 is 1.48 bits per heavy atom. The van der Waals surface area contributed by atoms with Crippen LogP contribution in [0.15, 0.2) is 5.51 Å². The maximum atomic E-state index is 12.3. The van der Waals surface area contributed by atoms with Crippen LogP contribution >= 0.6 is 11.3 Å². The Morgan fingerprint density at radius 3 is 3.04 bits per heavy atom. The van der Waals surface area contributed by atoms with Gasteiger partial charge in [-0.2, -0.15) is 0 Å². The van der Waals surface area contributed by atoms with Crippen molar-refractivity contribution in [1.29, 1.82) is 0 Å². The number of hydrogen-bond donors (Lipinski definition) is 2. The van der Waals surface area contributed by atoms with Crippen molar-refractivity contribution in [3.63, 3.8) is 0 Å². The molecule has 3 heterocycles. The van der Waals surface area contributed by atoms with Gasteiger partial charge in [0.05, 0.1) is 13.1 Å². The number of aromatic nitrogens is 2. The molecule has 124 valence electrons. The van der Waals surface area contributed by atoms with Gasteiger partial charge in [0.2, 0.25) is 16.9 Å². The Balaban J connectivity index is 1.48. The Kier molecular flexibility index (Phi) is 4.42. The molecule has 0 radical (unpaired) electrons. The number of alkyl carbamates (subject to hydrolysis) is 1. The number of anilines is 1. The number of piperidine rings is 1. The minimum absolute atomic E-state index is 0.0833. The molecule has 2 fully saturated rings. The summed E-state index contributed by atoms with van der Waals surface area (Å²) in [5, 5.41) is 13.0. The summed E-state index contributed by atoms with van der Waals surface area (Å²) in [6.45, 7) is 1.42. The van der Waals surface area contributed by atoms with Crippen molar-refractivity contribution in [1.82, 2.24) is 20.4 Å². The van der Waals surface area contributed by atoms with E-state index in [-0.39, 0.29) is 24.7 Å². The second-order valence-electron chi connectivity index (χ2n) is 5.64. The Bertz CT molecular complexity index is 608. The standard InChI is InChI=1S/C13H17N5O4S/c19-9(16-11-17-15-8-23-11)2-3-10(20)18-5-1-4-13(7-18)6-14-12(21)22-13/h8H,1-7H2,(H,14,21)(H,16,17,19)/t13-/m0/s1. The van der Waals surface area contributed by atoms with Crippen molar-refractivity contribution < 1.29 is 19.1 Å². The van der Waals surface area contributed by atoms with Crippen molar-refractivity contribution >= 4 is 34.4 Å². The number of nitrogens with one attached hydrogen (secondary N) is 2. The zero-order valence-corrected chi connectivity index (χ0v) is 13.2. The van der Waals surface area contributed by atoms with E-state index in [0.29, 0.717) is 24.8 Å². The summed E-state index contributed by atoms with van der Waals surface area (Å²) in [5.74, 6) is -0.379. The van der Waals surface area contributed by atoms with Gasteiger partial charge in [-0.1, -0.05) is 11.3 Å². The van der Waals surface area contributed by atoms with E-state index in [1.807, 2.05) is 0 Å². The molecule has 0 saturated carbocycles. The summed E-state index contributed by atoms with van der Waals surface area (Å²) in [6, 6.07) is 0. The first-order chi connectivity index (χ1) is 11.1. The molecule has 10 heteroatoms. The lowest BCUT2D eigenvalue weighted by Crippen LogP contribution is -2.52. The van der Waals surface area contributed by atoms with E-state index in [9.17, 15) is 14.4 Å². The largest absolute Gasteiger partial charge is 0.439 e. The van der Waals surface area contributed by atoms with Crippen LogP contribution in [0.25, 0.3) is 0 Å². The van der Waals surface area contributed by atoms with Gasteiger partial charge in [0.15, 0.2) is 0 Å². The van der Waals surface area contributed by atoms with Gasteiger partial charge in [0, 0.05) is 19.4 Å². The van der Waals surface area contributed by atoms with Crippen molar-refractivity contribution in [3.8, 4) is 0 Å². The van der Waals surface area contributed by atoms with Crippen LogP contribution < -0.4 is 10.6 Å². The summed E-state index contributed by atoms with van der Waals surface area (Å²) < 4.78 is 5.33. The van der Waals surface area contributed by atoms with Crippen LogP contribution in [0.3, 0.4) is 0 Å². The molecule has 2 aliphatic heterocycles. The lowest BCUT2D eigenvalue weighted by Gasteiger charge is -2.38. The van der Waals surface area contributed by atoms with Gasteiger partial charge >= 0.3 is 6.09 Å². The molecule has 3 amide bonds. The lowest BCUT2D eigenvalue weighted by molar-refractivity contribution is -0.138. The molecular weight excluding hydrogens is 322 g/mol. The molecule has 2 saturated heterocycles. The fraction of sp³-hybridized carbons (Fsp3) is 0.615. The molecular formula is C13H17N5O4S. The summed E-state index contributed by atoms with van der Waals surface area (Å²) >= 11 is 1.22. The predicted molar refractivity (Wildman–Crippen MR) is 80.8 cm³/mol. The average molecular weight is 339 g/mol. The summed E-state index contributed by atoms with van der Waals surface area (Å²) in [7, 11) is 0. The van der Waals surface area contributed by atoms with Gasteiger partial charge in [-0.15, -0.1) is 10.2 Å². The number of carbonyl (C=O) groups is 3. The van der Waals surface area contributed by atoms with Crippen LogP contribution in [-0.4, -0.2) is 58.2 Å². The minimum atomic E-state index is -0.611. The molecule has 3 rings (SSSR count). The number of amides is 3. The third-order valence-corrected chi connectivity index (χ3v) is 4.54. The van der Waals surface area contributed by atoms with Gasteiger partial charge in [-0.3, -0.25) is 9.59 Å². The number of nitrogens with zero attached hydrogens (tertiary/aromatic N) is 3. The first kappa shape index (κ1) is 15.7. The topological polar surface area (TPSA) is 114 Å². The number of hydrogen-bond acceptors (Lipinski definition) is 7. The van der Waals surface area contributed by atoms with Crippen molar-refractivity contribution in [3.05, 3.63) is 5.51 Å². The third-order valence-electron chi connectivity index (χ3n) is 3.93. The highest BCUT2D eigenvalue weighted by molar-refractivity contribution is 7.13. The highest BCUT2D eigenvalue weighted by Crippen LogP contribution is 2.28. The molecule has 2 N–H and O–H groups in total. The molecule has 1 aromatic heterocycles. The Hall–Kier alpha value is -2.23. The fourth-order valence-electron chi connectivity index (χ4n) is 2.83. The van der Waals surface area contributed by atoms with Crippen LogP contribution in [-0.2, 0) is 14.3 Å². The molecule has 9 nitrogen and oxygen atoms in total. The highest BCUT2D eigenvalue weighted by Gasteiger charge is 2.44. The average Bonchev–Trinajstić information content (AvgIpc) is 3.15. The summed E-state index contributed by atoms with van der Waals surface area (Å²) in [4.78, 5) is 37.0. The monoisotopic (exact) mass is 339 g/mol. The summed E-state index contributed by atoms with van der Waals surface area (Å²) in [5.41, 5.74) is 0.907. The van der Waals surface area contributed by atoms with Crippen LogP contribution in [0.4, 0.5) is 9.93 Å². The molecule has 2 aliphatic rings. The quantitative estimate of drug-likeness (QED) is 0.819. The van der Waals surface area contributed by atoms with Crippen LogP contribution in [0, 0.1) is 0 Å². The van der Waals surface area contributed by atoms with Crippen molar-refractivity contribution in [2.24, 2.45) is 0 Å². The second kappa shape index (κ2) is 6.49. The number of ether oxygens (including phenoxy) is 1. The molecule has 1 spiro atoms. The SMILES string of the molecule is O=C(CCC(=O)N1CCC[C@]2(CNC(=O)O2)C1)Nc1nncs1. The minimum Gasteiger partial charge on any atom is -0.439 e. The van der Waals surface area contributed by atoms with E-state index in [1.54, 1.807) is 4.90 Å². The van der Waals surface area contributed by atoms with Gasteiger partial charge in [-0.25, -0.2) is 4.79 Å². The zero-order chi connectivity index (χ0) is 16.3. The predicted octanol–water partition coefficient (Wildman–Crippen LogP) is 0.358. The van der Waals surface area contributed by atoms with Crippen molar-refractivity contribution in [2.75, 3.05) is 25.0 Å². The molecule has 1 aromatic rings. The van der Waals surface area contributed by atoms with Gasteiger partial charge in [-0.05, 0) is 12.8 Å². The fourth-order valence-corrected chi connectivity index (χ4v) is 3.29. The second-order valence-corrected chi connectivity index (χ2v) is 6.47. The molecule has 0 bridgehead atoms. The Labute approximate surface area is 136 Å². The first-order valence-electron chi connectivity index (χ1n) is 7.37. The van der Waals surface area contributed by atoms with Gasteiger partial charge < -0.3 is 20.3 Å². The van der Waals surface area contributed by atoms with E-state index < -0.39 is 11.7 Å². The molecule has 1 atom stereocenters. The van der Waals surface area contributed by atoms with Crippen molar-refractivity contribution in [2.45, 2.75) is 31.3 Å². The normalized spacial score (nSPS) is 23.5. The Morgan fingerprint density at radius 2 is 2.35 bits per heavy atom. The zero-order valence-electron chi connectivity index (χ0n) is 12.4. The van der Waals surface area contributed by atoms with E-state index in [1.165, 1.54) is 16.8 Å². The smallest absolute Gasteiger partial charge is 0.407 e. The van der Waals surface area contributed by atoms with Gasteiger partial charge in [0.25, 0.3) is 0 Å². The maximum absolute atomic E-state index is 12.3. The maximum Gasteiger partial charge on any atom is 0.407 e. The summed E-state index contributed by atoms with van der Waals surface area (Å²) in [6.07, 6.45) is 1.28. The first-order valence-corrected chi connectivity index (χ1v) is 8.25. The molecule has 23 heavy (non-hydrogen) atoms. The van der Waals surface area contributed by atoms with E-state index >= 15 is 0 Å². The molecule has 0 aliphatic carbocycles. The molecule has 0 unspecified atom stereocenters. The van der Waals surface area contributed by atoms with Crippen LogP contribution in [0.2, 0.25) is 0 Å². The van der Waals surface area contributed by atoms with Crippen LogP contribution in [0.5, 0.6) is 0 Å². The number of likely N-dealkylation sites (tertiary alicyclic amines) is 1. The lowest BCUT2D eigenvalue weighted by atomic mass is 9.93. The van der Waals surface area contributed by atoms with E-state index in [2.05, 4.69) is 20.8 Å². The van der Waals surface area contributed by atoms with Gasteiger partial charge in [0.1, 0.15) is 11.1 Å².